The third-order valence-electron chi connectivity index (χ3n) is 2.52. The first-order valence-corrected chi connectivity index (χ1v) is 5.16. The van der Waals surface area contributed by atoms with Crippen LogP contribution in [-0.4, -0.2) is 6.04 Å². The number of nitrogen functional groups attached to an aromatic ring is 1. The van der Waals surface area contributed by atoms with E-state index < -0.39 is 0 Å². The first-order chi connectivity index (χ1) is 7.72. The molecular weight excluding hydrogens is 198 g/mol. The lowest BCUT2D eigenvalue weighted by molar-refractivity contribution is 1.01. The van der Waals surface area contributed by atoms with Crippen LogP contribution in [-0.2, 0) is 0 Å². The molecule has 16 heavy (non-hydrogen) atoms. The molecule has 0 fully saturated rings. The van der Waals surface area contributed by atoms with Gasteiger partial charge in [0.1, 0.15) is 6.04 Å². The third kappa shape index (κ3) is 1.78. The number of benzene rings is 2. The molecule has 3 heteroatoms. The van der Waals surface area contributed by atoms with Crippen molar-refractivity contribution in [3.05, 3.63) is 36.4 Å². The van der Waals surface area contributed by atoms with Gasteiger partial charge in [-0.1, -0.05) is 30.3 Å². The van der Waals surface area contributed by atoms with Gasteiger partial charge in [-0.3, -0.25) is 0 Å². The molecule has 2 aromatic rings. The zero-order chi connectivity index (χ0) is 11.5. The summed E-state index contributed by atoms with van der Waals surface area (Å²) in [7, 11) is 0. The van der Waals surface area contributed by atoms with Crippen LogP contribution in [0.25, 0.3) is 10.8 Å². The Morgan fingerprint density at radius 3 is 2.75 bits per heavy atom. The van der Waals surface area contributed by atoms with E-state index in [1.165, 1.54) is 0 Å². The van der Waals surface area contributed by atoms with E-state index in [2.05, 4.69) is 11.4 Å². The molecule has 0 saturated carbocycles. The van der Waals surface area contributed by atoms with Crippen LogP contribution in [0, 0.1) is 11.3 Å². The van der Waals surface area contributed by atoms with Crippen LogP contribution in [0.4, 0.5) is 11.4 Å². The van der Waals surface area contributed by atoms with Crippen molar-refractivity contribution >= 4 is 22.1 Å². The Morgan fingerprint density at radius 2 is 2.00 bits per heavy atom. The van der Waals surface area contributed by atoms with Crippen molar-refractivity contribution in [2.75, 3.05) is 11.1 Å². The molecule has 80 valence electrons. The second-order valence-electron chi connectivity index (χ2n) is 3.75. The van der Waals surface area contributed by atoms with Gasteiger partial charge < -0.3 is 11.1 Å². The van der Waals surface area contributed by atoms with E-state index in [0.717, 1.165) is 16.5 Å². The normalized spacial score (nSPS) is 12.0. The van der Waals surface area contributed by atoms with E-state index in [9.17, 15) is 0 Å². The van der Waals surface area contributed by atoms with Gasteiger partial charge in [-0.2, -0.15) is 5.26 Å². The van der Waals surface area contributed by atoms with E-state index in [1.807, 2.05) is 36.4 Å². The average Bonchev–Trinajstić information content (AvgIpc) is 2.32. The average molecular weight is 211 g/mol. The molecule has 2 rings (SSSR count). The summed E-state index contributed by atoms with van der Waals surface area (Å²) in [6.45, 7) is 1.81. The summed E-state index contributed by atoms with van der Waals surface area (Å²) in [5, 5.41) is 14.1. The zero-order valence-electron chi connectivity index (χ0n) is 9.07. The van der Waals surface area contributed by atoms with Crippen LogP contribution in [0.5, 0.6) is 0 Å². The van der Waals surface area contributed by atoms with Crippen LogP contribution in [0.1, 0.15) is 6.92 Å². The topological polar surface area (TPSA) is 61.8 Å². The van der Waals surface area contributed by atoms with E-state index in [4.69, 9.17) is 11.0 Å². The van der Waals surface area contributed by atoms with Crippen molar-refractivity contribution in [2.24, 2.45) is 0 Å². The molecule has 0 amide bonds. The van der Waals surface area contributed by atoms with Gasteiger partial charge in [0.25, 0.3) is 0 Å². The summed E-state index contributed by atoms with van der Waals surface area (Å²) < 4.78 is 0. The molecule has 3 nitrogen and oxygen atoms in total. The summed E-state index contributed by atoms with van der Waals surface area (Å²) in [4.78, 5) is 0. The van der Waals surface area contributed by atoms with Crippen LogP contribution in [0.2, 0.25) is 0 Å². The fourth-order valence-corrected chi connectivity index (χ4v) is 1.70. The monoisotopic (exact) mass is 211 g/mol. The molecule has 0 aliphatic heterocycles. The number of rotatable bonds is 2. The fourth-order valence-electron chi connectivity index (χ4n) is 1.70. The largest absolute Gasteiger partial charge is 0.397 e. The van der Waals surface area contributed by atoms with E-state index in [0.29, 0.717) is 5.69 Å². The van der Waals surface area contributed by atoms with Crippen molar-refractivity contribution in [1.29, 1.82) is 5.26 Å². The summed E-state index contributed by atoms with van der Waals surface area (Å²) in [5.41, 5.74) is 7.43. The summed E-state index contributed by atoms with van der Waals surface area (Å²) >= 11 is 0. The number of hydrogen-bond donors (Lipinski definition) is 2. The Hall–Kier alpha value is -2.21. The maximum absolute atomic E-state index is 8.81. The Balaban J connectivity index is 2.58. The van der Waals surface area contributed by atoms with Crippen LogP contribution in [0.3, 0.4) is 0 Å². The van der Waals surface area contributed by atoms with Crippen molar-refractivity contribution in [3.63, 3.8) is 0 Å². The van der Waals surface area contributed by atoms with Crippen LogP contribution in [0.15, 0.2) is 36.4 Å². The van der Waals surface area contributed by atoms with Crippen LogP contribution >= 0.6 is 0 Å². The molecule has 0 aliphatic carbocycles. The van der Waals surface area contributed by atoms with Crippen molar-refractivity contribution in [3.8, 4) is 6.07 Å². The summed E-state index contributed by atoms with van der Waals surface area (Å²) in [5.74, 6) is 0. The maximum Gasteiger partial charge on any atom is 0.111 e. The number of nitrogens with zero attached hydrogens (tertiary/aromatic N) is 1. The highest BCUT2D eigenvalue weighted by molar-refractivity contribution is 5.99. The van der Waals surface area contributed by atoms with E-state index in [1.54, 1.807) is 6.92 Å². The minimum Gasteiger partial charge on any atom is -0.397 e. The van der Waals surface area contributed by atoms with Gasteiger partial charge in [-0.15, -0.1) is 0 Å². The molecule has 0 aromatic heterocycles. The number of nitrogens with two attached hydrogens (primary N) is 1. The number of hydrogen-bond acceptors (Lipinski definition) is 3. The first kappa shape index (κ1) is 10.3. The zero-order valence-corrected chi connectivity index (χ0v) is 9.07. The smallest absolute Gasteiger partial charge is 0.111 e. The molecule has 0 spiro atoms. The standard InChI is InChI=1S/C13H13N3/c1-9(8-14)16-13-11-5-3-2-4-10(11)6-7-12(13)15/h2-7,9,16H,15H2,1H3. The fraction of sp³-hybridized carbons (Fsp3) is 0.154. The van der Waals surface area contributed by atoms with Gasteiger partial charge >= 0.3 is 0 Å². The maximum atomic E-state index is 8.81. The first-order valence-electron chi connectivity index (χ1n) is 5.16. The molecule has 1 unspecified atom stereocenters. The minimum absolute atomic E-state index is 0.256. The second-order valence-corrected chi connectivity index (χ2v) is 3.75. The highest BCUT2D eigenvalue weighted by Crippen LogP contribution is 2.29. The lowest BCUT2D eigenvalue weighted by atomic mass is 10.1. The predicted octanol–water partition coefficient (Wildman–Crippen LogP) is 2.75. The Bertz CT molecular complexity index is 555. The molecule has 1 atom stereocenters. The number of nitrogens with one attached hydrogen (secondary N) is 1. The van der Waals surface area contributed by atoms with Gasteiger partial charge in [0, 0.05) is 5.39 Å². The lowest BCUT2D eigenvalue weighted by Gasteiger charge is -2.13. The minimum atomic E-state index is -0.256. The quantitative estimate of drug-likeness (QED) is 0.751. The van der Waals surface area contributed by atoms with Crippen molar-refractivity contribution in [1.82, 2.24) is 0 Å². The highest BCUT2D eigenvalue weighted by atomic mass is 14.9. The van der Waals surface area contributed by atoms with E-state index in [-0.39, 0.29) is 6.04 Å². The summed E-state index contributed by atoms with van der Waals surface area (Å²) in [6.07, 6.45) is 0. The Labute approximate surface area is 94.5 Å². The molecular formula is C13H13N3. The number of fused-ring (bicyclic) bond motifs is 1. The lowest BCUT2D eigenvalue weighted by Crippen LogP contribution is -2.13. The van der Waals surface area contributed by atoms with Gasteiger partial charge in [0.2, 0.25) is 0 Å². The molecule has 0 aliphatic rings. The number of nitriles is 1. The van der Waals surface area contributed by atoms with Crippen molar-refractivity contribution < 1.29 is 0 Å². The molecule has 3 N–H and O–H groups in total. The molecule has 0 bridgehead atoms. The SMILES string of the molecule is CC(C#N)Nc1c(N)ccc2ccccc12. The Morgan fingerprint density at radius 1 is 1.25 bits per heavy atom. The summed E-state index contributed by atoms with van der Waals surface area (Å²) in [6, 6.07) is 13.7. The number of anilines is 2. The molecule has 0 saturated heterocycles. The van der Waals surface area contributed by atoms with Gasteiger partial charge in [-0.25, -0.2) is 0 Å². The van der Waals surface area contributed by atoms with Crippen molar-refractivity contribution in [2.45, 2.75) is 13.0 Å². The molecule has 0 radical (unpaired) electrons. The second kappa shape index (κ2) is 4.11. The molecule has 0 heterocycles. The van der Waals surface area contributed by atoms with E-state index >= 15 is 0 Å². The molecule has 2 aromatic carbocycles. The van der Waals surface area contributed by atoms with Gasteiger partial charge in [0.15, 0.2) is 0 Å². The highest BCUT2D eigenvalue weighted by Gasteiger charge is 2.07. The van der Waals surface area contributed by atoms with Crippen LogP contribution < -0.4 is 11.1 Å². The van der Waals surface area contributed by atoms with Gasteiger partial charge in [0.05, 0.1) is 17.4 Å². The predicted molar refractivity (Wildman–Crippen MR) is 67.1 cm³/mol. The Kier molecular flexibility index (Phi) is 2.65. The third-order valence-corrected chi connectivity index (χ3v) is 2.52. The van der Waals surface area contributed by atoms with Gasteiger partial charge in [-0.05, 0) is 18.4 Å².